The number of aryl methyl sites for hydroxylation is 2. The molecule has 1 aliphatic rings. The third-order valence-corrected chi connectivity index (χ3v) is 3.62. The molecule has 1 unspecified atom stereocenters. The number of halogens is 1. The molecule has 0 saturated carbocycles. The highest BCUT2D eigenvalue weighted by Crippen LogP contribution is 2.22. The molecule has 0 aliphatic carbocycles. The van der Waals surface area contributed by atoms with Crippen LogP contribution in [0.5, 0.6) is 0 Å². The van der Waals surface area contributed by atoms with Gasteiger partial charge in [0.05, 0.1) is 11.4 Å². The second-order valence-corrected chi connectivity index (χ2v) is 5.09. The molecule has 1 atom stereocenters. The van der Waals surface area contributed by atoms with Crippen molar-refractivity contribution < 1.29 is 0 Å². The summed E-state index contributed by atoms with van der Waals surface area (Å²) in [5.41, 5.74) is 1.87. The fourth-order valence-electron chi connectivity index (χ4n) is 2.22. The number of hydrogen-bond donors (Lipinski definition) is 0. The molecule has 1 saturated heterocycles. The van der Waals surface area contributed by atoms with Crippen LogP contribution in [-0.2, 0) is 0 Å². The van der Waals surface area contributed by atoms with Crippen molar-refractivity contribution in [1.29, 1.82) is 0 Å². The average molecular weight is 255 g/mol. The van der Waals surface area contributed by atoms with Crippen LogP contribution in [-0.4, -0.2) is 34.2 Å². The van der Waals surface area contributed by atoms with Gasteiger partial charge in [-0.2, -0.15) is 5.10 Å². The number of aromatic nitrogens is 3. The first kappa shape index (κ1) is 12.6. The Bertz CT molecular complexity index is 381. The summed E-state index contributed by atoms with van der Waals surface area (Å²) in [6.07, 6.45) is 3.54. The largest absolute Gasteiger partial charge is 0.339 e. The summed E-state index contributed by atoms with van der Waals surface area (Å²) >= 11 is 5.81. The first-order valence-electron chi connectivity index (χ1n) is 6.19. The molecular formula is C12H19ClN4. The van der Waals surface area contributed by atoms with E-state index in [2.05, 4.69) is 20.1 Å². The van der Waals surface area contributed by atoms with Gasteiger partial charge in [-0.15, -0.1) is 16.7 Å². The monoisotopic (exact) mass is 254 g/mol. The second-order valence-electron chi connectivity index (χ2n) is 4.71. The minimum absolute atomic E-state index is 0.673. The Hall–Kier alpha value is -0.900. The normalized spacial score (nSPS) is 20.6. The zero-order valence-corrected chi connectivity index (χ0v) is 11.2. The van der Waals surface area contributed by atoms with Gasteiger partial charge >= 0.3 is 0 Å². The molecule has 1 aromatic heterocycles. The molecule has 2 heterocycles. The Morgan fingerprint density at radius 2 is 2.12 bits per heavy atom. The van der Waals surface area contributed by atoms with Gasteiger partial charge in [0, 0.05) is 19.0 Å². The van der Waals surface area contributed by atoms with E-state index in [-0.39, 0.29) is 0 Å². The smallest absolute Gasteiger partial charge is 0.245 e. The van der Waals surface area contributed by atoms with E-state index in [1.165, 1.54) is 12.8 Å². The van der Waals surface area contributed by atoms with Gasteiger partial charge < -0.3 is 4.90 Å². The highest BCUT2D eigenvalue weighted by molar-refractivity contribution is 6.17. The number of rotatable bonds is 3. The molecule has 0 spiro atoms. The van der Waals surface area contributed by atoms with Gasteiger partial charge in [-0.3, -0.25) is 0 Å². The third kappa shape index (κ3) is 3.06. The fraction of sp³-hybridized carbons (Fsp3) is 0.750. The van der Waals surface area contributed by atoms with Crippen molar-refractivity contribution in [3.63, 3.8) is 0 Å². The van der Waals surface area contributed by atoms with E-state index in [4.69, 9.17) is 11.6 Å². The van der Waals surface area contributed by atoms with Crippen LogP contribution in [0.3, 0.4) is 0 Å². The first-order valence-corrected chi connectivity index (χ1v) is 6.73. The maximum Gasteiger partial charge on any atom is 0.245 e. The van der Waals surface area contributed by atoms with Crippen molar-refractivity contribution in [3.8, 4) is 0 Å². The number of anilines is 1. The van der Waals surface area contributed by atoms with Crippen LogP contribution >= 0.6 is 11.6 Å². The maximum atomic E-state index is 5.81. The van der Waals surface area contributed by atoms with Crippen molar-refractivity contribution in [2.45, 2.75) is 33.1 Å². The second kappa shape index (κ2) is 5.63. The zero-order valence-electron chi connectivity index (χ0n) is 10.5. The van der Waals surface area contributed by atoms with Crippen LogP contribution in [0.2, 0.25) is 0 Å². The Morgan fingerprint density at radius 3 is 2.82 bits per heavy atom. The summed E-state index contributed by atoms with van der Waals surface area (Å²) in [7, 11) is 0. The Morgan fingerprint density at radius 1 is 1.29 bits per heavy atom. The van der Waals surface area contributed by atoms with Crippen molar-refractivity contribution in [1.82, 2.24) is 15.2 Å². The number of piperidine rings is 1. The van der Waals surface area contributed by atoms with E-state index in [0.29, 0.717) is 5.92 Å². The standard InChI is InChI=1S/C12H19ClN4/c1-9-10(2)15-16-12(14-9)17-7-3-4-11(8-17)5-6-13/h11H,3-8H2,1-2H3. The Balaban J connectivity index is 2.08. The minimum Gasteiger partial charge on any atom is -0.339 e. The fourth-order valence-corrected chi connectivity index (χ4v) is 2.52. The molecule has 4 nitrogen and oxygen atoms in total. The quantitative estimate of drug-likeness (QED) is 0.777. The van der Waals surface area contributed by atoms with Crippen LogP contribution in [0.25, 0.3) is 0 Å². The molecule has 1 aliphatic heterocycles. The number of alkyl halides is 1. The Labute approximate surface area is 107 Å². The zero-order chi connectivity index (χ0) is 12.3. The predicted octanol–water partition coefficient (Wildman–Crippen LogP) is 2.33. The van der Waals surface area contributed by atoms with Gasteiger partial charge in [0.25, 0.3) is 0 Å². The third-order valence-electron chi connectivity index (χ3n) is 3.40. The van der Waals surface area contributed by atoms with E-state index < -0.39 is 0 Å². The van der Waals surface area contributed by atoms with Gasteiger partial charge in [-0.05, 0) is 39.0 Å². The average Bonchev–Trinajstić information content (AvgIpc) is 2.33. The molecule has 0 amide bonds. The molecule has 0 aromatic carbocycles. The van der Waals surface area contributed by atoms with Gasteiger partial charge in [0.1, 0.15) is 0 Å². The lowest BCUT2D eigenvalue weighted by molar-refractivity contribution is 0.401. The van der Waals surface area contributed by atoms with Crippen molar-refractivity contribution >= 4 is 17.5 Å². The predicted molar refractivity (Wildman–Crippen MR) is 69.6 cm³/mol. The van der Waals surface area contributed by atoms with Gasteiger partial charge in [0.2, 0.25) is 5.95 Å². The molecule has 17 heavy (non-hydrogen) atoms. The van der Waals surface area contributed by atoms with Crippen LogP contribution < -0.4 is 4.90 Å². The molecule has 0 bridgehead atoms. The molecule has 94 valence electrons. The van der Waals surface area contributed by atoms with Gasteiger partial charge in [0.15, 0.2) is 0 Å². The molecule has 1 aromatic rings. The topological polar surface area (TPSA) is 41.9 Å². The van der Waals surface area contributed by atoms with E-state index in [0.717, 1.165) is 42.7 Å². The van der Waals surface area contributed by atoms with E-state index in [9.17, 15) is 0 Å². The molecule has 1 fully saturated rings. The van der Waals surface area contributed by atoms with Crippen molar-refractivity contribution in [2.24, 2.45) is 5.92 Å². The summed E-state index contributed by atoms with van der Waals surface area (Å²) in [6.45, 7) is 5.96. The van der Waals surface area contributed by atoms with Crippen molar-refractivity contribution in [2.75, 3.05) is 23.9 Å². The number of nitrogens with zero attached hydrogens (tertiary/aromatic N) is 4. The van der Waals surface area contributed by atoms with Crippen LogP contribution in [0.4, 0.5) is 5.95 Å². The molecule has 0 N–H and O–H groups in total. The highest BCUT2D eigenvalue weighted by atomic mass is 35.5. The first-order chi connectivity index (χ1) is 8.20. The van der Waals surface area contributed by atoms with E-state index in [1.54, 1.807) is 0 Å². The summed E-state index contributed by atoms with van der Waals surface area (Å²) in [6, 6.07) is 0. The van der Waals surface area contributed by atoms with Crippen LogP contribution in [0.1, 0.15) is 30.7 Å². The summed E-state index contributed by atoms with van der Waals surface area (Å²) in [5, 5.41) is 8.33. The summed E-state index contributed by atoms with van der Waals surface area (Å²) in [4.78, 5) is 6.75. The molecule has 0 radical (unpaired) electrons. The summed E-state index contributed by atoms with van der Waals surface area (Å²) in [5.74, 6) is 2.18. The lowest BCUT2D eigenvalue weighted by atomic mass is 9.96. The van der Waals surface area contributed by atoms with Gasteiger partial charge in [-0.1, -0.05) is 0 Å². The van der Waals surface area contributed by atoms with Crippen molar-refractivity contribution in [3.05, 3.63) is 11.4 Å². The Kier molecular flexibility index (Phi) is 4.15. The van der Waals surface area contributed by atoms with E-state index in [1.807, 2.05) is 13.8 Å². The molecule has 2 rings (SSSR count). The molecular weight excluding hydrogens is 236 g/mol. The van der Waals surface area contributed by atoms with Crippen LogP contribution in [0.15, 0.2) is 0 Å². The molecule has 5 heteroatoms. The maximum absolute atomic E-state index is 5.81. The highest BCUT2D eigenvalue weighted by Gasteiger charge is 2.21. The number of hydrogen-bond acceptors (Lipinski definition) is 4. The summed E-state index contributed by atoms with van der Waals surface area (Å²) < 4.78 is 0. The lowest BCUT2D eigenvalue weighted by Gasteiger charge is -2.32. The van der Waals surface area contributed by atoms with E-state index >= 15 is 0 Å². The van der Waals surface area contributed by atoms with Gasteiger partial charge in [-0.25, -0.2) is 4.98 Å². The lowest BCUT2D eigenvalue weighted by Crippen LogP contribution is -2.37. The minimum atomic E-state index is 0.673. The SMILES string of the molecule is Cc1nnc(N2CCCC(CCCl)C2)nc1C. The van der Waals surface area contributed by atoms with Crippen LogP contribution in [0, 0.1) is 19.8 Å².